The van der Waals surface area contributed by atoms with E-state index in [0.29, 0.717) is 35.9 Å². The fraction of sp³-hybridized carbons (Fsp3) is 0.833. The maximum Gasteiger partial charge on any atom is 0.407 e. The first-order valence-corrected chi connectivity index (χ1v) is 17.2. The van der Waals surface area contributed by atoms with Crippen molar-refractivity contribution in [2.45, 2.75) is 144 Å². The molecule has 4 saturated carbocycles. The molecule has 238 valence electrons. The third kappa shape index (κ3) is 8.56. The molecule has 0 aromatic carbocycles. The lowest BCUT2D eigenvalue weighted by Crippen LogP contribution is -2.44. The molecule has 2 N–H and O–H groups in total. The standard InChI is InChI=1S/C36H60N2O4/c1-25(2)9-7-11-27(5)17-23-41-33(39)37-29-13-19-35(20-14-29)31-32(35)36(31)21-15-30(16-22-36)38-34(40)42-24-18-28(6)12-8-10-26(3)4/h9-10,27-32H,7-8,11-24H2,1-6H3,(H,37,39)(H,38,40). The summed E-state index contributed by atoms with van der Waals surface area (Å²) in [6.45, 7) is 14.0. The fourth-order valence-corrected chi connectivity index (χ4v) is 8.60. The zero-order valence-corrected chi connectivity index (χ0v) is 27.6. The van der Waals surface area contributed by atoms with Gasteiger partial charge in [0.1, 0.15) is 0 Å². The average Bonchev–Trinajstić information content (AvgIpc) is 3.80. The number of carbonyl (C=O) groups is 2. The largest absolute Gasteiger partial charge is 0.450 e. The lowest BCUT2D eigenvalue weighted by molar-refractivity contribution is 0.0766. The minimum absolute atomic E-state index is 0.233. The highest BCUT2D eigenvalue weighted by atomic mass is 16.6. The van der Waals surface area contributed by atoms with Gasteiger partial charge in [0.15, 0.2) is 0 Å². The van der Waals surface area contributed by atoms with Gasteiger partial charge in [-0.15, -0.1) is 0 Å². The summed E-state index contributed by atoms with van der Waals surface area (Å²) in [4.78, 5) is 24.7. The summed E-state index contributed by atoms with van der Waals surface area (Å²) in [7, 11) is 0. The number of allylic oxidation sites excluding steroid dienone is 4. The number of hydrogen-bond acceptors (Lipinski definition) is 4. The van der Waals surface area contributed by atoms with Crippen LogP contribution in [0.1, 0.15) is 131 Å². The molecule has 2 spiro atoms. The zero-order chi connectivity index (χ0) is 30.3. The van der Waals surface area contributed by atoms with Crippen LogP contribution in [0.15, 0.2) is 23.3 Å². The number of amides is 2. The summed E-state index contributed by atoms with van der Waals surface area (Å²) in [5.74, 6) is 2.93. The molecular weight excluding hydrogens is 524 g/mol. The molecule has 2 amide bonds. The predicted molar refractivity (Wildman–Crippen MR) is 170 cm³/mol. The molecule has 0 aromatic heterocycles. The molecule has 2 atom stereocenters. The Bertz CT molecular complexity index is 873. The molecular formula is C36H60N2O4. The normalized spacial score (nSPS) is 32.2. The van der Waals surface area contributed by atoms with Crippen molar-refractivity contribution in [2.24, 2.45) is 34.5 Å². The second-order valence-corrected chi connectivity index (χ2v) is 15.0. The van der Waals surface area contributed by atoms with Gasteiger partial charge in [-0.1, -0.05) is 37.1 Å². The van der Waals surface area contributed by atoms with Gasteiger partial charge in [0.05, 0.1) is 13.2 Å². The first kappa shape index (κ1) is 32.9. The fourth-order valence-electron chi connectivity index (χ4n) is 8.60. The van der Waals surface area contributed by atoms with Gasteiger partial charge in [0.2, 0.25) is 0 Å². The molecule has 42 heavy (non-hydrogen) atoms. The Kier molecular flexibility index (Phi) is 11.5. The number of hydrogen-bond donors (Lipinski definition) is 2. The number of fused-ring (bicyclic) bond motifs is 5. The Balaban J connectivity index is 1.04. The quantitative estimate of drug-likeness (QED) is 0.200. The number of nitrogens with one attached hydrogen (secondary N) is 2. The van der Waals surface area contributed by atoms with Crippen LogP contribution in [0.25, 0.3) is 0 Å². The van der Waals surface area contributed by atoms with E-state index >= 15 is 0 Å². The first-order valence-electron chi connectivity index (χ1n) is 17.2. The maximum absolute atomic E-state index is 12.4. The third-order valence-electron chi connectivity index (χ3n) is 11.2. The predicted octanol–water partition coefficient (Wildman–Crippen LogP) is 9.10. The van der Waals surface area contributed by atoms with Gasteiger partial charge in [0.25, 0.3) is 0 Å². The van der Waals surface area contributed by atoms with E-state index in [1.54, 1.807) is 0 Å². The van der Waals surface area contributed by atoms with Crippen LogP contribution < -0.4 is 10.6 Å². The molecule has 0 radical (unpaired) electrons. The van der Waals surface area contributed by atoms with Crippen LogP contribution in [0, 0.1) is 34.5 Å². The molecule has 4 rings (SSSR count). The smallest absolute Gasteiger partial charge is 0.407 e. The molecule has 4 aliphatic carbocycles. The van der Waals surface area contributed by atoms with E-state index < -0.39 is 0 Å². The summed E-state index contributed by atoms with van der Waals surface area (Å²) < 4.78 is 11.0. The van der Waals surface area contributed by atoms with E-state index in [4.69, 9.17) is 9.47 Å². The van der Waals surface area contributed by atoms with Crippen LogP contribution in [0.5, 0.6) is 0 Å². The van der Waals surface area contributed by atoms with Crippen LogP contribution in [0.3, 0.4) is 0 Å². The van der Waals surface area contributed by atoms with Crippen molar-refractivity contribution in [1.29, 1.82) is 0 Å². The second-order valence-electron chi connectivity index (χ2n) is 15.0. The molecule has 6 nitrogen and oxygen atoms in total. The van der Waals surface area contributed by atoms with Crippen LogP contribution in [-0.2, 0) is 9.47 Å². The molecule has 4 aliphatic rings. The summed E-state index contributed by atoms with van der Waals surface area (Å²) in [5, 5.41) is 6.30. The lowest BCUT2D eigenvalue weighted by Gasteiger charge is -2.43. The molecule has 0 aliphatic heterocycles. The summed E-state index contributed by atoms with van der Waals surface area (Å²) in [5.41, 5.74) is 3.85. The second kappa shape index (κ2) is 14.7. The van der Waals surface area contributed by atoms with Crippen molar-refractivity contribution in [2.75, 3.05) is 13.2 Å². The van der Waals surface area contributed by atoms with Crippen LogP contribution in [-0.4, -0.2) is 37.5 Å². The summed E-state index contributed by atoms with van der Waals surface area (Å²) in [6.07, 6.45) is 19.8. The van der Waals surface area contributed by atoms with Gasteiger partial charge in [-0.3, -0.25) is 0 Å². The van der Waals surface area contributed by atoms with Crippen LogP contribution in [0.4, 0.5) is 9.59 Å². The Morgan fingerprint density at radius 2 is 1.02 bits per heavy atom. The van der Waals surface area contributed by atoms with Gasteiger partial charge in [0, 0.05) is 12.1 Å². The molecule has 0 saturated heterocycles. The van der Waals surface area contributed by atoms with Gasteiger partial charge in [-0.05, 0) is 152 Å². The highest BCUT2D eigenvalue weighted by Crippen LogP contribution is 2.94. The molecule has 4 fully saturated rings. The van der Waals surface area contributed by atoms with Crippen molar-refractivity contribution in [3.05, 3.63) is 23.3 Å². The number of carbonyl (C=O) groups excluding carboxylic acids is 2. The van der Waals surface area contributed by atoms with Crippen LogP contribution >= 0.6 is 0 Å². The van der Waals surface area contributed by atoms with Crippen molar-refractivity contribution >= 4 is 12.2 Å². The van der Waals surface area contributed by atoms with Crippen LogP contribution in [0.2, 0.25) is 0 Å². The first-order chi connectivity index (χ1) is 20.1. The van der Waals surface area contributed by atoms with Crippen molar-refractivity contribution in [3.8, 4) is 0 Å². The van der Waals surface area contributed by atoms with Gasteiger partial charge < -0.3 is 20.1 Å². The highest BCUT2D eigenvalue weighted by Gasteiger charge is 2.89. The Hall–Kier alpha value is -1.98. The monoisotopic (exact) mass is 584 g/mol. The molecule has 0 aromatic rings. The topological polar surface area (TPSA) is 76.7 Å². The van der Waals surface area contributed by atoms with Gasteiger partial charge in [-0.2, -0.15) is 0 Å². The van der Waals surface area contributed by atoms with Gasteiger partial charge >= 0.3 is 12.2 Å². The van der Waals surface area contributed by atoms with E-state index in [-0.39, 0.29) is 24.3 Å². The SMILES string of the molecule is CC(C)=CCCC(C)CCOC(=O)NC1CCC2(CC1)C1C2C12CCC(NC(=O)OCCC(C)CCC=C(C)C)CC2. The van der Waals surface area contributed by atoms with Crippen molar-refractivity contribution in [1.82, 2.24) is 10.6 Å². The minimum atomic E-state index is -0.233. The van der Waals surface area contributed by atoms with Crippen molar-refractivity contribution in [3.63, 3.8) is 0 Å². The summed E-state index contributed by atoms with van der Waals surface area (Å²) >= 11 is 0. The summed E-state index contributed by atoms with van der Waals surface area (Å²) in [6, 6.07) is 0.529. The Labute approximate surface area is 256 Å². The van der Waals surface area contributed by atoms with E-state index in [2.05, 4.69) is 64.3 Å². The maximum atomic E-state index is 12.4. The van der Waals surface area contributed by atoms with E-state index in [0.717, 1.165) is 76.0 Å². The number of alkyl carbamates (subject to hydrolysis) is 2. The number of rotatable bonds is 14. The third-order valence-corrected chi connectivity index (χ3v) is 11.2. The zero-order valence-electron chi connectivity index (χ0n) is 27.6. The van der Waals surface area contributed by atoms with E-state index in [1.807, 2.05) is 0 Å². The lowest BCUT2D eigenvalue weighted by atomic mass is 9.64. The van der Waals surface area contributed by atoms with Gasteiger partial charge in [-0.25, -0.2) is 9.59 Å². The average molecular weight is 585 g/mol. The van der Waals surface area contributed by atoms with E-state index in [1.165, 1.54) is 36.8 Å². The molecule has 0 bridgehead atoms. The highest BCUT2D eigenvalue weighted by molar-refractivity contribution is 5.68. The van der Waals surface area contributed by atoms with Crippen molar-refractivity contribution < 1.29 is 19.1 Å². The Morgan fingerprint density at radius 3 is 1.36 bits per heavy atom. The molecule has 2 unspecified atom stereocenters. The minimum Gasteiger partial charge on any atom is -0.450 e. The molecule has 0 heterocycles. The van der Waals surface area contributed by atoms with E-state index in [9.17, 15) is 9.59 Å². The molecule has 6 heteroatoms. The number of ether oxygens (including phenoxy) is 2. The Morgan fingerprint density at radius 1 is 0.667 bits per heavy atom.